The Labute approximate surface area is 212 Å². The number of anilines is 1. The average Bonchev–Trinajstić information content (AvgIpc) is 2.81. The van der Waals surface area contributed by atoms with E-state index in [9.17, 15) is 14.4 Å². The van der Waals surface area contributed by atoms with Gasteiger partial charge in [-0.05, 0) is 64.0 Å². The van der Waals surface area contributed by atoms with Gasteiger partial charge >= 0.3 is 6.03 Å². The van der Waals surface area contributed by atoms with Crippen molar-refractivity contribution in [3.63, 3.8) is 0 Å². The van der Waals surface area contributed by atoms with Crippen LogP contribution in [0.25, 0.3) is 6.08 Å². The number of rotatable bonds is 6. The number of methoxy groups -OCH3 is 1. The molecule has 0 aliphatic carbocycles. The zero-order valence-corrected chi connectivity index (χ0v) is 21.1. The summed E-state index contributed by atoms with van der Waals surface area (Å²) in [5.74, 6) is -0.509. The van der Waals surface area contributed by atoms with Crippen LogP contribution in [-0.4, -0.2) is 25.0 Å². The van der Waals surface area contributed by atoms with E-state index < -0.39 is 17.8 Å². The number of ether oxygens (including phenoxy) is 2. The third kappa shape index (κ3) is 5.05. The summed E-state index contributed by atoms with van der Waals surface area (Å²) in [6.45, 7) is 0.384. The normalized spacial score (nSPS) is 14.9. The fourth-order valence-corrected chi connectivity index (χ4v) is 4.80. The first-order valence-corrected chi connectivity index (χ1v) is 11.7. The molecule has 1 aliphatic rings. The van der Waals surface area contributed by atoms with E-state index in [2.05, 4.69) is 37.2 Å². The first-order chi connectivity index (χ1) is 16.4. The van der Waals surface area contributed by atoms with Crippen molar-refractivity contribution >= 4 is 61.5 Å². The minimum absolute atomic E-state index is 0.202. The van der Waals surface area contributed by atoms with Gasteiger partial charge in [-0.3, -0.25) is 14.9 Å². The minimum Gasteiger partial charge on any atom is -0.495 e. The van der Waals surface area contributed by atoms with Crippen LogP contribution in [0.2, 0.25) is 0 Å². The van der Waals surface area contributed by atoms with Crippen LogP contribution < -0.4 is 19.7 Å². The molecule has 172 valence electrons. The van der Waals surface area contributed by atoms with Gasteiger partial charge < -0.3 is 9.47 Å². The second kappa shape index (κ2) is 10.2. The Kier molecular flexibility index (Phi) is 7.14. The topological polar surface area (TPSA) is 84.9 Å². The molecule has 1 N–H and O–H groups in total. The Morgan fingerprint density at radius 1 is 0.971 bits per heavy atom. The van der Waals surface area contributed by atoms with E-state index in [0.29, 0.717) is 33.8 Å². The molecule has 0 unspecified atom stereocenters. The zero-order valence-electron chi connectivity index (χ0n) is 17.9. The Morgan fingerprint density at radius 2 is 1.68 bits per heavy atom. The van der Waals surface area contributed by atoms with E-state index in [4.69, 9.17) is 9.47 Å². The van der Waals surface area contributed by atoms with Gasteiger partial charge in [0.1, 0.15) is 23.7 Å². The monoisotopic (exact) mass is 584 g/mol. The Bertz CT molecular complexity index is 1290. The van der Waals surface area contributed by atoms with Crippen LogP contribution in [0.1, 0.15) is 11.1 Å². The lowest BCUT2D eigenvalue weighted by molar-refractivity contribution is -0.122. The quantitative estimate of drug-likeness (QED) is 0.306. The highest BCUT2D eigenvalue weighted by molar-refractivity contribution is 9.11. The van der Waals surface area contributed by atoms with Crippen molar-refractivity contribution < 1.29 is 23.9 Å². The van der Waals surface area contributed by atoms with Crippen LogP contribution in [0.5, 0.6) is 11.5 Å². The lowest BCUT2D eigenvalue weighted by Crippen LogP contribution is -2.54. The zero-order chi connectivity index (χ0) is 24.2. The molecule has 1 aliphatic heterocycles. The lowest BCUT2D eigenvalue weighted by Gasteiger charge is -2.26. The van der Waals surface area contributed by atoms with Gasteiger partial charge in [-0.15, -0.1) is 0 Å². The number of benzene rings is 3. The van der Waals surface area contributed by atoms with E-state index in [-0.39, 0.29) is 5.57 Å². The van der Waals surface area contributed by atoms with Gasteiger partial charge in [-0.2, -0.15) is 0 Å². The molecule has 1 heterocycles. The van der Waals surface area contributed by atoms with Crippen molar-refractivity contribution in [3.05, 3.63) is 92.4 Å². The SMILES string of the molecule is COc1c(Br)cc(Br)cc1/C=C1\C(=O)NC(=O)N(c2ccc(OCc3ccccc3)cc2)C1=O. The summed E-state index contributed by atoms with van der Waals surface area (Å²) in [6.07, 6.45) is 1.39. The number of carbonyl (C=O) groups is 3. The molecule has 0 radical (unpaired) electrons. The number of halogens is 2. The largest absolute Gasteiger partial charge is 0.495 e. The van der Waals surface area contributed by atoms with Crippen LogP contribution in [0.3, 0.4) is 0 Å². The number of imide groups is 2. The van der Waals surface area contributed by atoms with Gasteiger partial charge in [0.15, 0.2) is 0 Å². The van der Waals surface area contributed by atoms with Crippen LogP contribution in [0, 0.1) is 0 Å². The van der Waals surface area contributed by atoms with Crippen LogP contribution in [-0.2, 0) is 16.2 Å². The number of urea groups is 1. The molecule has 3 aromatic rings. The molecule has 0 saturated carbocycles. The molecule has 1 saturated heterocycles. The van der Waals surface area contributed by atoms with E-state index >= 15 is 0 Å². The predicted molar refractivity (Wildman–Crippen MR) is 135 cm³/mol. The molecule has 7 nitrogen and oxygen atoms in total. The van der Waals surface area contributed by atoms with E-state index in [1.165, 1.54) is 13.2 Å². The molecule has 0 bridgehead atoms. The molecule has 4 amide bonds. The van der Waals surface area contributed by atoms with Crippen molar-refractivity contribution in [1.29, 1.82) is 0 Å². The average molecular weight is 586 g/mol. The summed E-state index contributed by atoms with van der Waals surface area (Å²) in [5.41, 5.74) is 1.60. The van der Waals surface area contributed by atoms with Crippen molar-refractivity contribution in [2.75, 3.05) is 12.0 Å². The van der Waals surface area contributed by atoms with Gasteiger partial charge in [0.25, 0.3) is 11.8 Å². The maximum atomic E-state index is 13.2. The summed E-state index contributed by atoms with van der Waals surface area (Å²) in [6, 6.07) is 18.8. The standard InChI is InChI=1S/C25H18Br2N2O5/c1-33-22-16(11-17(26)13-21(22)27)12-20-23(30)28-25(32)29(24(20)31)18-7-9-19(10-8-18)34-14-15-5-3-2-4-6-15/h2-13H,14H2,1H3,(H,28,30,32)/b20-12+. The molecule has 0 atom stereocenters. The highest BCUT2D eigenvalue weighted by Crippen LogP contribution is 2.35. The fourth-order valence-electron chi connectivity index (χ4n) is 3.38. The first-order valence-electron chi connectivity index (χ1n) is 10.1. The molecule has 1 fully saturated rings. The molecule has 4 rings (SSSR count). The maximum absolute atomic E-state index is 13.2. The van der Waals surface area contributed by atoms with Crippen molar-refractivity contribution in [2.24, 2.45) is 0 Å². The maximum Gasteiger partial charge on any atom is 0.335 e. The van der Waals surface area contributed by atoms with Crippen molar-refractivity contribution in [1.82, 2.24) is 5.32 Å². The molecule has 0 aromatic heterocycles. The predicted octanol–water partition coefficient (Wildman–Crippen LogP) is 5.47. The van der Waals surface area contributed by atoms with E-state index in [1.807, 2.05) is 30.3 Å². The molecular formula is C25H18Br2N2O5. The van der Waals surface area contributed by atoms with Crippen LogP contribution in [0.4, 0.5) is 10.5 Å². The summed E-state index contributed by atoms with van der Waals surface area (Å²) < 4.78 is 12.5. The molecular weight excluding hydrogens is 568 g/mol. The number of amides is 4. The lowest BCUT2D eigenvalue weighted by atomic mass is 10.1. The Morgan fingerprint density at radius 3 is 2.35 bits per heavy atom. The molecule has 9 heteroatoms. The smallest absolute Gasteiger partial charge is 0.335 e. The summed E-state index contributed by atoms with van der Waals surface area (Å²) in [7, 11) is 1.48. The van der Waals surface area contributed by atoms with Gasteiger partial charge in [-0.1, -0.05) is 46.3 Å². The van der Waals surface area contributed by atoms with Gasteiger partial charge in [0.2, 0.25) is 0 Å². The third-order valence-electron chi connectivity index (χ3n) is 4.99. The minimum atomic E-state index is -0.826. The van der Waals surface area contributed by atoms with Crippen LogP contribution in [0.15, 0.2) is 81.2 Å². The number of nitrogens with one attached hydrogen (secondary N) is 1. The second-order valence-electron chi connectivity index (χ2n) is 7.24. The highest BCUT2D eigenvalue weighted by atomic mass is 79.9. The number of carbonyl (C=O) groups excluding carboxylic acids is 3. The van der Waals surface area contributed by atoms with Gasteiger partial charge in [0.05, 0.1) is 17.3 Å². The number of hydrogen-bond donors (Lipinski definition) is 1. The third-order valence-corrected chi connectivity index (χ3v) is 6.03. The molecule has 0 spiro atoms. The Hall–Kier alpha value is -3.43. The Balaban J connectivity index is 1.59. The first kappa shape index (κ1) is 23.7. The second-order valence-corrected chi connectivity index (χ2v) is 9.01. The van der Waals surface area contributed by atoms with Crippen molar-refractivity contribution in [3.8, 4) is 11.5 Å². The van der Waals surface area contributed by atoms with Gasteiger partial charge in [-0.25, -0.2) is 9.69 Å². The summed E-state index contributed by atoms with van der Waals surface area (Å²) >= 11 is 6.79. The summed E-state index contributed by atoms with van der Waals surface area (Å²) in [4.78, 5) is 39.1. The number of hydrogen-bond acceptors (Lipinski definition) is 5. The van der Waals surface area contributed by atoms with E-state index in [0.717, 1.165) is 14.9 Å². The van der Waals surface area contributed by atoms with Crippen molar-refractivity contribution in [2.45, 2.75) is 6.61 Å². The number of barbiturate groups is 1. The number of nitrogens with zero attached hydrogens (tertiary/aromatic N) is 1. The summed E-state index contributed by atoms with van der Waals surface area (Å²) in [5, 5.41) is 2.22. The van der Waals surface area contributed by atoms with E-state index in [1.54, 1.807) is 36.4 Å². The van der Waals surface area contributed by atoms with Crippen LogP contribution >= 0.6 is 31.9 Å². The highest BCUT2D eigenvalue weighted by Gasteiger charge is 2.37. The molecule has 34 heavy (non-hydrogen) atoms. The fraction of sp³-hybridized carbons (Fsp3) is 0.0800. The van der Waals surface area contributed by atoms with Gasteiger partial charge in [0, 0.05) is 10.0 Å². The molecule has 3 aromatic carbocycles.